The number of rotatable bonds is 6. The maximum atomic E-state index is 13.4. The van der Waals surface area contributed by atoms with E-state index in [0.717, 1.165) is 16.8 Å². The van der Waals surface area contributed by atoms with Gasteiger partial charge in [-0.05, 0) is 30.3 Å². The summed E-state index contributed by atoms with van der Waals surface area (Å²) in [6.45, 7) is 0.0690. The number of nitrogens with one attached hydrogen (secondary N) is 2. The van der Waals surface area contributed by atoms with Gasteiger partial charge < -0.3 is 9.97 Å². The van der Waals surface area contributed by atoms with Gasteiger partial charge in [0.25, 0.3) is 0 Å². The molecule has 0 amide bonds. The molecule has 0 saturated heterocycles. The Bertz CT molecular complexity index is 1740. The predicted molar refractivity (Wildman–Crippen MR) is 133 cm³/mol. The largest absolute Gasteiger partial charge is 0.316 e. The highest BCUT2D eigenvalue weighted by atomic mass is 32.2. The van der Waals surface area contributed by atoms with Gasteiger partial charge in [0.05, 0.1) is 27.3 Å². The van der Waals surface area contributed by atoms with E-state index in [9.17, 15) is 18.0 Å². The zero-order valence-electron chi connectivity index (χ0n) is 18.7. The SMILES string of the molecule is CN(Cc1cn(-c2ccccc2)nc1-c1ccccc1)S(=O)(=O)c1ccc2[nH]c(=O)c(=O)[nH]c2c1. The maximum Gasteiger partial charge on any atom is 0.314 e. The molecule has 0 aliphatic heterocycles. The minimum atomic E-state index is -3.92. The quantitative estimate of drug-likeness (QED) is 0.357. The summed E-state index contributed by atoms with van der Waals surface area (Å²) in [5, 5.41) is 4.74. The highest BCUT2D eigenvalue weighted by molar-refractivity contribution is 7.89. The molecule has 35 heavy (non-hydrogen) atoms. The lowest BCUT2D eigenvalue weighted by Gasteiger charge is -2.17. The third-order valence-corrected chi connectivity index (χ3v) is 7.45. The lowest BCUT2D eigenvalue weighted by atomic mass is 10.1. The third kappa shape index (κ3) is 4.32. The number of sulfonamides is 1. The lowest BCUT2D eigenvalue weighted by Crippen LogP contribution is -2.29. The highest BCUT2D eigenvalue weighted by Crippen LogP contribution is 2.27. The molecule has 0 atom stereocenters. The number of fused-ring (bicyclic) bond motifs is 1. The van der Waals surface area contributed by atoms with Crippen molar-refractivity contribution in [3.8, 4) is 16.9 Å². The molecule has 9 nitrogen and oxygen atoms in total. The van der Waals surface area contributed by atoms with Crippen LogP contribution in [0, 0.1) is 0 Å². The maximum absolute atomic E-state index is 13.4. The van der Waals surface area contributed by atoms with Crippen molar-refractivity contribution >= 4 is 21.1 Å². The van der Waals surface area contributed by atoms with E-state index in [1.54, 1.807) is 4.68 Å². The second-order valence-corrected chi connectivity index (χ2v) is 10.1. The molecule has 5 aromatic rings. The molecular formula is C25H21N5O4S. The summed E-state index contributed by atoms with van der Waals surface area (Å²) in [5.41, 5.74) is 2.05. The van der Waals surface area contributed by atoms with Crippen molar-refractivity contribution < 1.29 is 8.42 Å². The standard InChI is InChI=1S/C25H21N5O4S/c1-29(35(33,34)20-12-13-21-22(14-20)27-25(32)24(31)26-21)15-18-16-30(19-10-6-3-7-11-19)28-23(18)17-8-4-2-5-9-17/h2-14,16H,15H2,1H3,(H,26,31)(H,27,32). The fraction of sp³-hybridized carbons (Fsp3) is 0.0800. The smallest absolute Gasteiger partial charge is 0.314 e. The summed E-state index contributed by atoms with van der Waals surface area (Å²) in [4.78, 5) is 28.1. The van der Waals surface area contributed by atoms with E-state index in [-0.39, 0.29) is 17.0 Å². The molecular weight excluding hydrogens is 466 g/mol. The van der Waals surface area contributed by atoms with Crippen LogP contribution in [0.3, 0.4) is 0 Å². The van der Waals surface area contributed by atoms with Crippen molar-refractivity contribution in [3.63, 3.8) is 0 Å². The van der Waals surface area contributed by atoms with E-state index in [2.05, 4.69) is 9.97 Å². The molecule has 0 aliphatic carbocycles. The van der Waals surface area contributed by atoms with Crippen LogP contribution in [0.1, 0.15) is 5.56 Å². The number of H-pyrrole nitrogens is 2. The van der Waals surface area contributed by atoms with E-state index in [0.29, 0.717) is 11.2 Å². The van der Waals surface area contributed by atoms with Crippen LogP contribution >= 0.6 is 0 Å². The van der Waals surface area contributed by atoms with Crippen LogP contribution < -0.4 is 11.1 Å². The van der Waals surface area contributed by atoms with Gasteiger partial charge in [-0.1, -0.05) is 48.5 Å². The Balaban J connectivity index is 1.53. The lowest BCUT2D eigenvalue weighted by molar-refractivity contribution is 0.467. The van der Waals surface area contributed by atoms with Crippen LogP contribution in [0.15, 0.2) is 99.5 Å². The summed E-state index contributed by atoms with van der Waals surface area (Å²) in [6, 6.07) is 23.3. The average molecular weight is 488 g/mol. The molecule has 0 bridgehead atoms. The van der Waals surface area contributed by atoms with E-state index in [1.165, 1.54) is 29.6 Å². The zero-order chi connectivity index (χ0) is 24.6. The number of hydrogen-bond acceptors (Lipinski definition) is 5. The molecule has 5 rings (SSSR count). The molecule has 0 fully saturated rings. The van der Waals surface area contributed by atoms with E-state index >= 15 is 0 Å². The summed E-state index contributed by atoms with van der Waals surface area (Å²) in [7, 11) is -2.43. The van der Waals surface area contributed by atoms with Gasteiger partial charge in [0.1, 0.15) is 0 Å². The Kier molecular flexibility index (Phi) is 5.67. The average Bonchev–Trinajstić information content (AvgIpc) is 3.29. The first-order valence-corrected chi connectivity index (χ1v) is 12.2. The minimum absolute atomic E-state index is 0.00749. The monoisotopic (exact) mass is 487 g/mol. The van der Waals surface area contributed by atoms with Crippen LogP contribution in [0.2, 0.25) is 0 Å². The van der Waals surface area contributed by atoms with Crippen molar-refractivity contribution in [2.45, 2.75) is 11.4 Å². The van der Waals surface area contributed by atoms with Gasteiger partial charge >= 0.3 is 11.1 Å². The fourth-order valence-corrected chi connectivity index (χ4v) is 5.01. The topological polar surface area (TPSA) is 121 Å². The van der Waals surface area contributed by atoms with Crippen LogP contribution in [0.25, 0.3) is 28.0 Å². The second kappa shape index (κ2) is 8.82. The third-order valence-electron chi connectivity index (χ3n) is 5.65. The predicted octanol–water partition coefficient (Wildman–Crippen LogP) is 2.89. The summed E-state index contributed by atoms with van der Waals surface area (Å²) < 4.78 is 29.7. The van der Waals surface area contributed by atoms with Gasteiger partial charge in [-0.15, -0.1) is 0 Å². The van der Waals surface area contributed by atoms with Gasteiger partial charge in [0, 0.05) is 30.9 Å². The number of nitrogens with zero attached hydrogens (tertiary/aromatic N) is 3. The second-order valence-electron chi connectivity index (χ2n) is 8.03. The molecule has 0 aliphatic rings. The molecule has 10 heteroatoms. The van der Waals surface area contributed by atoms with Crippen molar-refractivity contribution in [2.75, 3.05) is 7.05 Å². The first-order valence-electron chi connectivity index (χ1n) is 10.7. The summed E-state index contributed by atoms with van der Waals surface area (Å²) >= 11 is 0. The van der Waals surface area contributed by atoms with Gasteiger partial charge in [-0.2, -0.15) is 9.40 Å². The van der Waals surface area contributed by atoms with E-state index in [4.69, 9.17) is 5.10 Å². The van der Waals surface area contributed by atoms with Crippen molar-refractivity contribution in [3.05, 3.63) is 111 Å². The number of benzene rings is 3. The van der Waals surface area contributed by atoms with Crippen molar-refractivity contribution in [1.29, 1.82) is 0 Å². The highest BCUT2D eigenvalue weighted by Gasteiger charge is 2.24. The van der Waals surface area contributed by atoms with Crippen molar-refractivity contribution in [1.82, 2.24) is 24.1 Å². The molecule has 3 aromatic carbocycles. The van der Waals surface area contributed by atoms with Crippen LogP contribution in [-0.4, -0.2) is 39.5 Å². The van der Waals surface area contributed by atoms with E-state index < -0.39 is 21.1 Å². The molecule has 0 unspecified atom stereocenters. The Labute approximate surface area is 200 Å². The number of para-hydroxylation sites is 1. The van der Waals surface area contributed by atoms with Gasteiger partial charge in [-0.3, -0.25) is 9.59 Å². The normalized spacial score (nSPS) is 11.8. The Morgan fingerprint density at radius 2 is 1.49 bits per heavy atom. The van der Waals surface area contributed by atoms with Crippen LogP contribution in [0.4, 0.5) is 0 Å². The van der Waals surface area contributed by atoms with Crippen molar-refractivity contribution in [2.24, 2.45) is 0 Å². The minimum Gasteiger partial charge on any atom is -0.316 e. The molecule has 2 heterocycles. The van der Waals surface area contributed by atoms with Gasteiger partial charge in [0.15, 0.2) is 0 Å². The number of aromatic amines is 2. The number of aromatic nitrogens is 4. The van der Waals surface area contributed by atoms with E-state index in [1.807, 2.05) is 66.9 Å². The Morgan fingerprint density at radius 3 is 2.17 bits per heavy atom. The Hall–Kier alpha value is -4.28. The molecule has 0 radical (unpaired) electrons. The molecule has 0 saturated carbocycles. The molecule has 2 aromatic heterocycles. The number of hydrogen-bond donors (Lipinski definition) is 2. The van der Waals surface area contributed by atoms with Crippen LogP contribution in [0.5, 0.6) is 0 Å². The first kappa shape index (κ1) is 22.5. The fourth-order valence-electron chi connectivity index (χ4n) is 3.84. The molecule has 0 spiro atoms. The van der Waals surface area contributed by atoms with Crippen LogP contribution in [-0.2, 0) is 16.6 Å². The van der Waals surface area contributed by atoms with Gasteiger partial charge in [0.2, 0.25) is 10.0 Å². The first-order chi connectivity index (χ1) is 16.8. The zero-order valence-corrected chi connectivity index (χ0v) is 19.5. The van der Waals surface area contributed by atoms with Gasteiger partial charge in [-0.25, -0.2) is 13.1 Å². The molecule has 2 N–H and O–H groups in total. The Morgan fingerprint density at radius 1 is 0.857 bits per heavy atom. The summed E-state index contributed by atoms with van der Waals surface area (Å²) in [6.07, 6.45) is 1.83. The molecule has 176 valence electrons. The summed E-state index contributed by atoms with van der Waals surface area (Å²) in [5.74, 6) is 0.